The van der Waals surface area contributed by atoms with Crippen LogP contribution in [0.25, 0.3) is 22.3 Å². The molecule has 1 spiro atoms. The normalized spacial score (nSPS) is 24.3. The summed E-state index contributed by atoms with van der Waals surface area (Å²) in [6, 6.07) is 6.70. The van der Waals surface area contributed by atoms with Gasteiger partial charge in [0.25, 0.3) is 0 Å². The van der Waals surface area contributed by atoms with Crippen LogP contribution in [0.2, 0.25) is 0 Å². The lowest BCUT2D eigenvalue weighted by Crippen LogP contribution is -2.51. The van der Waals surface area contributed by atoms with Crippen molar-refractivity contribution in [3.05, 3.63) is 36.2 Å². The van der Waals surface area contributed by atoms with Crippen LogP contribution in [0.5, 0.6) is 5.88 Å². The number of hydrogen-bond donors (Lipinski definition) is 0. The van der Waals surface area contributed by atoms with Crippen LogP contribution in [0.4, 0.5) is 4.79 Å². The molecule has 1 aromatic carbocycles. The topological polar surface area (TPSA) is 101 Å². The van der Waals surface area contributed by atoms with E-state index in [4.69, 9.17) is 29.0 Å². The minimum Gasteiger partial charge on any atom is -0.471 e. The minimum absolute atomic E-state index is 0.0847. The molecule has 43 heavy (non-hydrogen) atoms. The van der Waals surface area contributed by atoms with Crippen LogP contribution in [0.15, 0.2) is 30.6 Å². The van der Waals surface area contributed by atoms with Crippen molar-refractivity contribution >= 4 is 17.0 Å². The van der Waals surface area contributed by atoms with Gasteiger partial charge in [-0.3, -0.25) is 4.98 Å². The van der Waals surface area contributed by atoms with Gasteiger partial charge in [0.1, 0.15) is 23.1 Å². The number of nitrogens with zero attached hydrogens (tertiary/aromatic N) is 5. The molecule has 0 N–H and O–H groups in total. The van der Waals surface area contributed by atoms with Crippen LogP contribution in [0.1, 0.15) is 89.8 Å². The lowest BCUT2D eigenvalue weighted by Gasteiger charge is -2.39. The molecule has 4 aliphatic rings. The highest BCUT2D eigenvalue weighted by molar-refractivity contribution is 5.93. The lowest BCUT2D eigenvalue weighted by molar-refractivity contribution is -0.0365. The second-order valence-corrected chi connectivity index (χ2v) is 13.7. The predicted molar refractivity (Wildman–Crippen MR) is 161 cm³/mol. The summed E-state index contributed by atoms with van der Waals surface area (Å²) < 4.78 is 26.0. The molecule has 4 fully saturated rings. The maximum absolute atomic E-state index is 12.9. The standard InChI is InChI=1S/C33H43N5O5/c1-32(2,3)43-31(39)37-14-13-33(11-12-33)27(21-37)42-28-20-34-19-25(35-28)30-24-18-23(22-9-16-40-17-10-22)7-8-26(24)38(36-30)29-6-4-5-15-41-29/h7-8,18-20,22,27,29H,4-6,9-17,21H2,1-3H3. The van der Waals surface area contributed by atoms with Crippen LogP contribution in [-0.2, 0) is 14.2 Å². The van der Waals surface area contributed by atoms with Crippen molar-refractivity contribution in [1.29, 1.82) is 0 Å². The summed E-state index contributed by atoms with van der Waals surface area (Å²) in [4.78, 5) is 24.1. The summed E-state index contributed by atoms with van der Waals surface area (Å²) in [5, 5.41) is 6.16. The van der Waals surface area contributed by atoms with E-state index in [1.165, 1.54) is 5.56 Å². The molecule has 2 unspecified atom stereocenters. The first-order chi connectivity index (χ1) is 20.8. The van der Waals surface area contributed by atoms with Crippen molar-refractivity contribution in [3.63, 3.8) is 0 Å². The van der Waals surface area contributed by atoms with E-state index in [1.807, 2.05) is 25.5 Å². The first-order valence-electron chi connectivity index (χ1n) is 16.0. The van der Waals surface area contributed by atoms with Crippen LogP contribution in [0.3, 0.4) is 0 Å². The number of hydrogen-bond acceptors (Lipinski definition) is 8. The van der Waals surface area contributed by atoms with Gasteiger partial charge < -0.3 is 23.8 Å². The van der Waals surface area contributed by atoms with Crippen LogP contribution in [0, 0.1) is 5.41 Å². The Balaban J connectivity index is 1.19. The van der Waals surface area contributed by atoms with Crippen molar-refractivity contribution in [2.75, 3.05) is 32.9 Å². The van der Waals surface area contributed by atoms with Crippen molar-refractivity contribution < 1.29 is 23.7 Å². The van der Waals surface area contributed by atoms with Gasteiger partial charge in [-0.05, 0) is 95.8 Å². The first-order valence-corrected chi connectivity index (χ1v) is 16.0. The minimum atomic E-state index is -0.540. The highest BCUT2D eigenvalue weighted by Gasteiger charge is 2.54. The number of piperidine rings is 1. The third-order valence-corrected chi connectivity index (χ3v) is 9.46. The monoisotopic (exact) mass is 589 g/mol. The quantitative estimate of drug-likeness (QED) is 0.344. The number of likely N-dealkylation sites (tertiary alicyclic amines) is 1. The number of aromatic nitrogens is 4. The summed E-state index contributed by atoms with van der Waals surface area (Å²) in [5.41, 5.74) is 3.36. The Hall–Kier alpha value is -3.24. The molecule has 0 bridgehead atoms. The number of benzene rings is 1. The molecule has 1 aliphatic carbocycles. The molecule has 1 saturated carbocycles. The lowest BCUT2D eigenvalue weighted by atomic mass is 9.90. The molecule has 230 valence electrons. The van der Waals surface area contributed by atoms with E-state index >= 15 is 0 Å². The first kappa shape index (κ1) is 28.5. The van der Waals surface area contributed by atoms with Crippen LogP contribution < -0.4 is 4.74 Å². The van der Waals surface area contributed by atoms with Gasteiger partial charge in [0.15, 0.2) is 6.23 Å². The molecule has 3 saturated heterocycles. The molecule has 1 amide bonds. The van der Waals surface area contributed by atoms with E-state index in [9.17, 15) is 4.79 Å². The van der Waals surface area contributed by atoms with Gasteiger partial charge in [-0.15, -0.1) is 0 Å². The average Bonchev–Trinajstić information content (AvgIpc) is 3.69. The maximum atomic E-state index is 12.9. The van der Waals surface area contributed by atoms with E-state index in [-0.39, 0.29) is 23.8 Å². The summed E-state index contributed by atoms with van der Waals surface area (Å²) in [7, 11) is 0. The van der Waals surface area contributed by atoms with Crippen molar-refractivity contribution in [2.24, 2.45) is 5.41 Å². The number of carbonyl (C=O) groups excluding carboxylic acids is 1. The Morgan fingerprint density at radius 1 is 1.05 bits per heavy atom. The Bertz CT molecular complexity index is 1470. The van der Waals surface area contributed by atoms with E-state index in [0.717, 1.165) is 87.8 Å². The smallest absolute Gasteiger partial charge is 0.410 e. The number of fused-ring (bicyclic) bond motifs is 1. The van der Waals surface area contributed by atoms with Crippen molar-refractivity contribution in [3.8, 4) is 17.3 Å². The predicted octanol–water partition coefficient (Wildman–Crippen LogP) is 6.25. The largest absolute Gasteiger partial charge is 0.471 e. The zero-order valence-electron chi connectivity index (χ0n) is 25.6. The van der Waals surface area contributed by atoms with Gasteiger partial charge in [-0.25, -0.2) is 14.5 Å². The molecule has 10 nitrogen and oxygen atoms in total. The molecule has 2 aromatic heterocycles. The molecule has 3 aliphatic heterocycles. The number of carbonyl (C=O) groups is 1. The average molecular weight is 590 g/mol. The van der Waals surface area contributed by atoms with Crippen molar-refractivity contribution in [1.82, 2.24) is 24.6 Å². The van der Waals surface area contributed by atoms with Gasteiger partial charge in [-0.1, -0.05) is 6.07 Å². The third kappa shape index (κ3) is 5.96. The number of rotatable bonds is 5. The van der Waals surface area contributed by atoms with E-state index in [1.54, 1.807) is 17.3 Å². The molecule has 10 heteroatoms. The van der Waals surface area contributed by atoms with Crippen LogP contribution in [-0.4, -0.2) is 75.4 Å². The van der Waals surface area contributed by atoms with Gasteiger partial charge in [0, 0.05) is 37.2 Å². The molecule has 3 aromatic rings. The van der Waals surface area contributed by atoms with E-state index in [2.05, 4.69) is 23.2 Å². The molecule has 0 radical (unpaired) electrons. The van der Waals surface area contributed by atoms with Crippen molar-refractivity contribution in [2.45, 2.75) is 96.0 Å². The summed E-state index contributed by atoms with van der Waals surface area (Å²) in [6.07, 6.45) is 11.1. The fourth-order valence-corrected chi connectivity index (χ4v) is 6.82. The summed E-state index contributed by atoms with van der Waals surface area (Å²) >= 11 is 0. The van der Waals surface area contributed by atoms with Gasteiger partial charge >= 0.3 is 6.09 Å². The Labute approximate surface area is 253 Å². The fraction of sp³-hybridized carbons (Fsp3) is 0.636. The molecular weight excluding hydrogens is 546 g/mol. The maximum Gasteiger partial charge on any atom is 0.410 e. The number of amides is 1. The third-order valence-electron chi connectivity index (χ3n) is 9.46. The Morgan fingerprint density at radius 2 is 1.88 bits per heavy atom. The SMILES string of the molecule is CC(C)(C)OC(=O)N1CCC2(CC2)C(Oc2cncc(-c3nn(C4CCCCO4)c4ccc(C5CCOCC5)cc34)n2)C1. The van der Waals surface area contributed by atoms with Gasteiger partial charge in [0.05, 0.1) is 24.5 Å². The zero-order valence-corrected chi connectivity index (χ0v) is 25.6. The van der Waals surface area contributed by atoms with Gasteiger partial charge in [0.2, 0.25) is 5.88 Å². The zero-order chi connectivity index (χ0) is 29.6. The molecule has 7 rings (SSSR count). The fourth-order valence-electron chi connectivity index (χ4n) is 6.82. The Kier molecular flexibility index (Phi) is 7.53. The molecule has 2 atom stereocenters. The van der Waals surface area contributed by atoms with E-state index in [0.29, 0.717) is 30.6 Å². The second kappa shape index (κ2) is 11.4. The second-order valence-electron chi connectivity index (χ2n) is 13.7. The highest BCUT2D eigenvalue weighted by atomic mass is 16.6. The van der Waals surface area contributed by atoms with Crippen LogP contribution >= 0.6 is 0 Å². The highest BCUT2D eigenvalue weighted by Crippen LogP contribution is 2.55. The number of ether oxygens (including phenoxy) is 4. The summed E-state index contributed by atoms with van der Waals surface area (Å²) in [5.74, 6) is 0.923. The molecular formula is C33H43N5O5. The Morgan fingerprint density at radius 3 is 2.63 bits per heavy atom. The van der Waals surface area contributed by atoms with E-state index < -0.39 is 5.60 Å². The van der Waals surface area contributed by atoms with Gasteiger partial charge in [-0.2, -0.15) is 5.10 Å². The summed E-state index contributed by atoms with van der Waals surface area (Å²) in [6.45, 7) is 9.18. The molecule has 5 heterocycles.